The highest BCUT2D eigenvalue weighted by molar-refractivity contribution is 6.35. The van der Waals surface area contributed by atoms with Crippen molar-refractivity contribution in [2.24, 2.45) is 5.73 Å². The number of guanidine groups is 1. The van der Waals surface area contributed by atoms with E-state index in [1.807, 2.05) is 53.4 Å². The number of carbonyl (C=O) groups excluding carboxylic acids is 2. The molecule has 8 nitrogen and oxygen atoms in total. The van der Waals surface area contributed by atoms with Crippen molar-refractivity contribution in [2.75, 3.05) is 26.2 Å². The van der Waals surface area contributed by atoms with Crippen LogP contribution in [-0.4, -0.2) is 60.9 Å². The molecule has 0 radical (unpaired) electrons. The van der Waals surface area contributed by atoms with Crippen molar-refractivity contribution in [1.29, 1.82) is 5.41 Å². The first-order valence-corrected chi connectivity index (χ1v) is 13.9. The molecule has 3 aromatic carbocycles. The number of carbonyl (C=O) groups is 2. The number of fused-ring (bicyclic) bond motifs is 1. The summed E-state index contributed by atoms with van der Waals surface area (Å²) in [5.41, 5.74) is 6.93. The monoisotopic (exact) mass is 568 g/mol. The van der Waals surface area contributed by atoms with Crippen LogP contribution in [0, 0.1) is 5.41 Å². The molecule has 6 N–H and O–H groups in total. The van der Waals surface area contributed by atoms with Crippen molar-refractivity contribution in [2.45, 2.75) is 37.8 Å². The molecule has 1 fully saturated rings. The van der Waals surface area contributed by atoms with E-state index in [1.165, 1.54) is 0 Å². The number of halogens is 2. The van der Waals surface area contributed by atoms with Crippen molar-refractivity contribution in [1.82, 2.24) is 20.9 Å². The number of nitrogens with two attached hydrogens (primary N) is 1. The Balaban J connectivity index is 1.40. The third-order valence-corrected chi connectivity index (χ3v) is 7.55. The summed E-state index contributed by atoms with van der Waals surface area (Å²) in [6, 6.07) is 18.5. The van der Waals surface area contributed by atoms with Gasteiger partial charge < -0.3 is 26.6 Å². The van der Waals surface area contributed by atoms with Gasteiger partial charge in [-0.3, -0.25) is 15.0 Å². The van der Waals surface area contributed by atoms with Crippen LogP contribution >= 0.6 is 23.2 Å². The lowest BCUT2D eigenvalue weighted by molar-refractivity contribution is -0.132. The minimum Gasteiger partial charge on any atom is -0.370 e. The van der Waals surface area contributed by atoms with Crippen LogP contribution in [0.25, 0.3) is 10.8 Å². The van der Waals surface area contributed by atoms with E-state index in [0.29, 0.717) is 67.5 Å². The predicted octanol–water partition coefficient (Wildman–Crippen LogP) is 3.94. The third kappa shape index (κ3) is 8.08. The van der Waals surface area contributed by atoms with Gasteiger partial charge in [-0.2, -0.15) is 0 Å². The molecule has 1 heterocycles. The number of rotatable bonds is 10. The molecule has 206 valence electrons. The zero-order chi connectivity index (χ0) is 27.8. The fourth-order valence-corrected chi connectivity index (χ4v) is 5.33. The molecular weight excluding hydrogens is 535 g/mol. The largest absolute Gasteiger partial charge is 0.370 e. The molecular formula is C29H34Cl2N6O2. The zero-order valence-corrected chi connectivity index (χ0v) is 23.2. The number of hydrogen-bond donors (Lipinski definition) is 5. The van der Waals surface area contributed by atoms with E-state index in [-0.39, 0.29) is 23.8 Å². The van der Waals surface area contributed by atoms with Gasteiger partial charge in [-0.15, -0.1) is 0 Å². The van der Waals surface area contributed by atoms with Gasteiger partial charge in [-0.25, -0.2) is 0 Å². The quantitative estimate of drug-likeness (QED) is 0.144. The molecule has 0 unspecified atom stereocenters. The first-order valence-electron chi connectivity index (χ1n) is 13.1. The molecule has 1 saturated heterocycles. The van der Waals surface area contributed by atoms with Gasteiger partial charge in [0, 0.05) is 47.8 Å². The van der Waals surface area contributed by atoms with E-state index in [1.54, 1.807) is 12.1 Å². The van der Waals surface area contributed by atoms with Gasteiger partial charge in [0.25, 0.3) is 5.91 Å². The number of hydrogen-bond acceptors (Lipinski definition) is 4. The van der Waals surface area contributed by atoms with Crippen molar-refractivity contribution >= 4 is 51.7 Å². The molecule has 0 saturated carbocycles. The standard InChI is InChI=1S/C29H34Cl2N6O2/c30-23-10-9-20(25(31)17-23)11-14-37-15-12-24(36-26(28(37)39)6-3-13-34-29(32)33)18-35-27(38)22-8-7-19-4-1-2-5-21(19)16-22/h1-2,4-5,7-10,16-17,24,26,36H,3,6,11-15,18H2,(H,35,38)(H4,32,33,34)/t24-,26-/m0/s1. The topological polar surface area (TPSA) is 123 Å². The Bertz CT molecular complexity index is 1330. The minimum absolute atomic E-state index is 0.0197. The SMILES string of the molecule is N=C(N)NCCC[C@@H]1N[C@H](CNC(=O)c2ccc3ccccc3c2)CCN(CCc2ccc(Cl)cc2Cl)C1=O. The molecule has 39 heavy (non-hydrogen) atoms. The summed E-state index contributed by atoms with van der Waals surface area (Å²) < 4.78 is 0. The average Bonchev–Trinajstić information content (AvgIpc) is 3.07. The van der Waals surface area contributed by atoms with E-state index in [4.69, 9.17) is 34.3 Å². The van der Waals surface area contributed by atoms with Crippen molar-refractivity contribution in [3.63, 3.8) is 0 Å². The lowest BCUT2D eigenvalue weighted by Gasteiger charge is -2.25. The maximum atomic E-state index is 13.5. The number of benzene rings is 3. The normalized spacial score (nSPS) is 17.6. The van der Waals surface area contributed by atoms with Crippen LogP contribution in [0.2, 0.25) is 10.0 Å². The molecule has 2 atom stereocenters. The highest BCUT2D eigenvalue weighted by Gasteiger charge is 2.30. The summed E-state index contributed by atoms with van der Waals surface area (Å²) in [6.45, 7) is 2.00. The van der Waals surface area contributed by atoms with Gasteiger partial charge in [-0.1, -0.05) is 59.6 Å². The zero-order valence-electron chi connectivity index (χ0n) is 21.7. The molecule has 1 aliphatic heterocycles. The Morgan fingerprint density at radius 3 is 2.64 bits per heavy atom. The smallest absolute Gasteiger partial charge is 0.251 e. The van der Waals surface area contributed by atoms with Crippen LogP contribution in [-0.2, 0) is 11.2 Å². The van der Waals surface area contributed by atoms with Gasteiger partial charge in [0.15, 0.2) is 5.96 Å². The van der Waals surface area contributed by atoms with Crippen molar-refractivity contribution < 1.29 is 9.59 Å². The molecule has 0 spiro atoms. The third-order valence-electron chi connectivity index (χ3n) is 6.97. The van der Waals surface area contributed by atoms with E-state index < -0.39 is 6.04 Å². The van der Waals surface area contributed by atoms with Gasteiger partial charge >= 0.3 is 0 Å². The summed E-state index contributed by atoms with van der Waals surface area (Å²) in [7, 11) is 0. The minimum atomic E-state index is -0.412. The molecule has 0 bridgehead atoms. The summed E-state index contributed by atoms with van der Waals surface area (Å²) in [6.07, 6.45) is 2.55. The highest BCUT2D eigenvalue weighted by atomic mass is 35.5. The summed E-state index contributed by atoms with van der Waals surface area (Å²) in [5.74, 6) is -0.216. The van der Waals surface area contributed by atoms with Gasteiger partial charge in [-0.05, 0) is 66.3 Å². The predicted molar refractivity (Wildman–Crippen MR) is 158 cm³/mol. The molecule has 3 aromatic rings. The molecule has 0 aromatic heterocycles. The van der Waals surface area contributed by atoms with E-state index in [0.717, 1.165) is 16.3 Å². The highest BCUT2D eigenvalue weighted by Crippen LogP contribution is 2.22. The maximum absolute atomic E-state index is 13.5. The van der Waals surface area contributed by atoms with Crippen LogP contribution in [0.5, 0.6) is 0 Å². The number of nitrogens with one attached hydrogen (secondary N) is 4. The molecule has 4 rings (SSSR count). The molecule has 10 heteroatoms. The van der Waals surface area contributed by atoms with Crippen LogP contribution in [0.3, 0.4) is 0 Å². The van der Waals surface area contributed by atoms with E-state index in [9.17, 15) is 9.59 Å². The average molecular weight is 570 g/mol. The fraction of sp³-hybridized carbons (Fsp3) is 0.345. The van der Waals surface area contributed by atoms with E-state index in [2.05, 4.69) is 16.0 Å². The second-order valence-electron chi connectivity index (χ2n) is 9.77. The van der Waals surface area contributed by atoms with Crippen LogP contribution in [0.1, 0.15) is 35.2 Å². The Hall–Kier alpha value is -3.33. The lowest BCUT2D eigenvalue weighted by Crippen LogP contribution is -2.49. The van der Waals surface area contributed by atoms with Crippen LogP contribution in [0.15, 0.2) is 60.7 Å². The first kappa shape index (κ1) is 28.7. The summed E-state index contributed by atoms with van der Waals surface area (Å²) in [4.78, 5) is 28.3. The van der Waals surface area contributed by atoms with Crippen molar-refractivity contribution in [3.05, 3.63) is 81.8 Å². The van der Waals surface area contributed by atoms with Crippen LogP contribution in [0.4, 0.5) is 0 Å². The van der Waals surface area contributed by atoms with Crippen LogP contribution < -0.4 is 21.7 Å². The maximum Gasteiger partial charge on any atom is 0.251 e. The van der Waals surface area contributed by atoms with Crippen molar-refractivity contribution in [3.8, 4) is 0 Å². The summed E-state index contributed by atoms with van der Waals surface area (Å²) in [5, 5.41) is 19.9. The van der Waals surface area contributed by atoms with Gasteiger partial charge in [0.05, 0.1) is 6.04 Å². The second kappa shape index (κ2) is 13.6. The Labute approximate surface area is 238 Å². The number of amides is 2. The fourth-order valence-electron chi connectivity index (χ4n) is 4.83. The summed E-state index contributed by atoms with van der Waals surface area (Å²) >= 11 is 12.4. The van der Waals surface area contributed by atoms with E-state index >= 15 is 0 Å². The first-order chi connectivity index (χ1) is 18.8. The Kier molecular flexibility index (Phi) is 10.0. The molecule has 2 amide bonds. The molecule has 1 aliphatic rings. The molecule has 0 aliphatic carbocycles. The van der Waals surface area contributed by atoms with Gasteiger partial charge in [0.2, 0.25) is 5.91 Å². The lowest BCUT2D eigenvalue weighted by atomic mass is 10.1. The Morgan fingerprint density at radius 1 is 1.08 bits per heavy atom. The van der Waals surface area contributed by atoms with Gasteiger partial charge in [0.1, 0.15) is 0 Å². The second-order valence-corrected chi connectivity index (χ2v) is 10.6. The Morgan fingerprint density at radius 2 is 1.87 bits per heavy atom. The number of nitrogens with zero attached hydrogens (tertiary/aromatic N) is 1.